The molecule has 1 amide bonds. The van der Waals surface area contributed by atoms with Crippen molar-refractivity contribution in [1.29, 1.82) is 0 Å². The molecule has 3 aromatic rings. The summed E-state index contributed by atoms with van der Waals surface area (Å²) in [6, 6.07) is 9.64. The lowest BCUT2D eigenvalue weighted by molar-refractivity contribution is -0.118. The van der Waals surface area contributed by atoms with Gasteiger partial charge in [0.1, 0.15) is 27.5 Å². The van der Waals surface area contributed by atoms with E-state index in [-0.39, 0.29) is 18.1 Å². The standard InChI is InChI=1S/C22H26FN3O3S/c1-25(2)12-5-13-26(19(27)14-15-6-8-16(23)9-7-15)22-24-20-17(28-3)10-11-18(29-4)21(20)30-22/h6-11H,5,12-14H2,1-4H3. The molecular weight excluding hydrogens is 405 g/mol. The van der Waals surface area contributed by atoms with Crippen LogP contribution in [0.25, 0.3) is 10.2 Å². The molecule has 0 aliphatic rings. The van der Waals surface area contributed by atoms with Crippen molar-refractivity contribution in [3.8, 4) is 11.5 Å². The van der Waals surface area contributed by atoms with Gasteiger partial charge in [0.15, 0.2) is 5.13 Å². The van der Waals surface area contributed by atoms with Gasteiger partial charge in [-0.15, -0.1) is 0 Å². The van der Waals surface area contributed by atoms with Gasteiger partial charge >= 0.3 is 0 Å². The van der Waals surface area contributed by atoms with Crippen LogP contribution in [0.1, 0.15) is 12.0 Å². The van der Waals surface area contributed by atoms with E-state index in [9.17, 15) is 9.18 Å². The Morgan fingerprint density at radius 2 is 1.70 bits per heavy atom. The summed E-state index contributed by atoms with van der Waals surface area (Å²) in [6.45, 7) is 1.38. The van der Waals surface area contributed by atoms with Crippen LogP contribution in [0, 0.1) is 5.82 Å². The van der Waals surface area contributed by atoms with Crippen LogP contribution in [0.4, 0.5) is 9.52 Å². The van der Waals surface area contributed by atoms with Crippen molar-refractivity contribution in [2.24, 2.45) is 0 Å². The summed E-state index contributed by atoms with van der Waals surface area (Å²) in [6.07, 6.45) is 0.971. The third kappa shape index (κ3) is 5.06. The second-order valence-corrected chi connectivity index (χ2v) is 8.13. The van der Waals surface area contributed by atoms with Crippen molar-refractivity contribution in [3.63, 3.8) is 0 Å². The zero-order chi connectivity index (χ0) is 21.7. The summed E-state index contributed by atoms with van der Waals surface area (Å²) < 4.78 is 25.0. The smallest absolute Gasteiger partial charge is 0.233 e. The molecule has 2 aromatic carbocycles. The molecule has 0 bridgehead atoms. The number of benzene rings is 2. The number of hydrogen-bond acceptors (Lipinski definition) is 6. The molecule has 160 valence electrons. The van der Waals surface area contributed by atoms with Crippen molar-refractivity contribution in [1.82, 2.24) is 9.88 Å². The van der Waals surface area contributed by atoms with Crippen LogP contribution in [0.2, 0.25) is 0 Å². The molecule has 0 saturated heterocycles. The van der Waals surface area contributed by atoms with Gasteiger partial charge in [-0.05, 0) is 56.9 Å². The lowest BCUT2D eigenvalue weighted by atomic mass is 10.1. The van der Waals surface area contributed by atoms with E-state index in [1.54, 1.807) is 37.3 Å². The van der Waals surface area contributed by atoms with Crippen molar-refractivity contribution in [2.75, 3.05) is 46.3 Å². The molecule has 30 heavy (non-hydrogen) atoms. The van der Waals surface area contributed by atoms with Crippen molar-refractivity contribution < 1.29 is 18.7 Å². The first-order valence-electron chi connectivity index (χ1n) is 9.64. The molecule has 0 spiro atoms. The largest absolute Gasteiger partial charge is 0.495 e. The van der Waals surface area contributed by atoms with E-state index in [4.69, 9.17) is 14.5 Å². The molecule has 1 aromatic heterocycles. The molecule has 8 heteroatoms. The minimum absolute atomic E-state index is 0.0858. The highest BCUT2D eigenvalue weighted by molar-refractivity contribution is 7.22. The molecule has 0 aliphatic carbocycles. The minimum Gasteiger partial charge on any atom is -0.495 e. The highest BCUT2D eigenvalue weighted by Crippen LogP contribution is 2.40. The Bertz CT molecular complexity index is 964. The molecule has 0 saturated carbocycles. The van der Waals surface area contributed by atoms with Crippen LogP contribution in [0.15, 0.2) is 36.4 Å². The number of thiazole rings is 1. The summed E-state index contributed by atoms with van der Waals surface area (Å²) in [5.74, 6) is 0.915. The highest BCUT2D eigenvalue weighted by Gasteiger charge is 2.22. The fraction of sp³-hybridized carbons (Fsp3) is 0.364. The van der Waals surface area contributed by atoms with Gasteiger partial charge in [-0.3, -0.25) is 9.69 Å². The van der Waals surface area contributed by atoms with Crippen LogP contribution in [-0.2, 0) is 11.2 Å². The number of carbonyl (C=O) groups is 1. The van der Waals surface area contributed by atoms with Crippen LogP contribution < -0.4 is 14.4 Å². The maximum absolute atomic E-state index is 13.2. The fourth-order valence-electron chi connectivity index (χ4n) is 3.13. The number of fused-ring (bicyclic) bond motifs is 1. The SMILES string of the molecule is COc1ccc(OC)c2sc(N(CCCN(C)C)C(=O)Cc3ccc(F)cc3)nc12. The maximum Gasteiger partial charge on any atom is 0.233 e. The van der Waals surface area contributed by atoms with Crippen LogP contribution in [0.5, 0.6) is 11.5 Å². The van der Waals surface area contributed by atoms with Crippen LogP contribution in [0.3, 0.4) is 0 Å². The Kier molecular flexibility index (Phi) is 7.23. The molecule has 1 heterocycles. The van der Waals surface area contributed by atoms with Gasteiger partial charge in [0.2, 0.25) is 5.91 Å². The van der Waals surface area contributed by atoms with E-state index in [1.807, 2.05) is 20.2 Å². The quantitative estimate of drug-likeness (QED) is 0.513. The van der Waals surface area contributed by atoms with E-state index in [0.717, 1.165) is 23.2 Å². The summed E-state index contributed by atoms with van der Waals surface area (Å²) in [7, 11) is 7.19. The Balaban J connectivity index is 1.94. The number of halogens is 1. The summed E-state index contributed by atoms with van der Waals surface area (Å²) in [5.41, 5.74) is 1.43. The molecule has 3 rings (SSSR count). The van der Waals surface area contributed by atoms with Crippen molar-refractivity contribution in [3.05, 3.63) is 47.8 Å². The lowest BCUT2D eigenvalue weighted by Crippen LogP contribution is -2.34. The third-order valence-corrected chi connectivity index (χ3v) is 5.78. The average Bonchev–Trinajstić information content (AvgIpc) is 3.16. The summed E-state index contributed by atoms with van der Waals surface area (Å²) >= 11 is 1.40. The Labute approximate surface area is 179 Å². The van der Waals surface area contributed by atoms with E-state index < -0.39 is 0 Å². The first kappa shape index (κ1) is 22.0. The van der Waals surface area contributed by atoms with Gasteiger partial charge in [0.05, 0.1) is 20.6 Å². The zero-order valence-electron chi connectivity index (χ0n) is 17.6. The number of carbonyl (C=O) groups excluding carboxylic acids is 1. The molecular formula is C22H26FN3O3S. The van der Waals surface area contributed by atoms with Crippen molar-refractivity contribution >= 4 is 32.6 Å². The minimum atomic E-state index is -0.320. The number of nitrogens with zero attached hydrogens (tertiary/aromatic N) is 3. The van der Waals surface area contributed by atoms with Gasteiger partial charge in [0, 0.05) is 6.54 Å². The molecule has 0 fully saturated rings. The second kappa shape index (κ2) is 9.86. The molecule has 0 unspecified atom stereocenters. The third-order valence-electron chi connectivity index (χ3n) is 4.69. The molecule has 0 atom stereocenters. The maximum atomic E-state index is 13.2. The molecule has 0 aliphatic heterocycles. The predicted molar refractivity (Wildman–Crippen MR) is 118 cm³/mol. The number of aromatic nitrogens is 1. The number of hydrogen-bond donors (Lipinski definition) is 0. The van der Waals surface area contributed by atoms with Crippen LogP contribution in [-0.4, -0.2) is 57.2 Å². The van der Waals surface area contributed by atoms with E-state index >= 15 is 0 Å². The van der Waals surface area contributed by atoms with Gasteiger partial charge in [0.25, 0.3) is 0 Å². The summed E-state index contributed by atoms with van der Waals surface area (Å²) in [5, 5.41) is 0.596. The second-order valence-electron chi connectivity index (χ2n) is 7.15. The van der Waals surface area contributed by atoms with Crippen LogP contribution >= 0.6 is 11.3 Å². The van der Waals surface area contributed by atoms with Gasteiger partial charge < -0.3 is 14.4 Å². The number of anilines is 1. The fourth-order valence-corrected chi connectivity index (χ4v) is 4.25. The molecule has 6 nitrogen and oxygen atoms in total. The lowest BCUT2D eigenvalue weighted by Gasteiger charge is -2.21. The highest BCUT2D eigenvalue weighted by atomic mass is 32.1. The first-order chi connectivity index (χ1) is 14.4. The predicted octanol–water partition coefficient (Wildman–Crippen LogP) is 3.98. The van der Waals surface area contributed by atoms with Gasteiger partial charge in [-0.25, -0.2) is 9.37 Å². The summed E-state index contributed by atoms with van der Waals surface area (Å²) in [4.78, 5) is 21.7. The topological polar surface area (TPSA) is 54.9 Å². The number of amides is 1. The van der Waals surface area contributed by atoms with E-state index in [1.165, 1.54) is 23.5 Å². The van der Waals surface area contributed by atoms with Crippen molar-refractivity contribution in [2.45, 2.75) is 12.8 Å². The number of rotatable bonds is 9. The van der Waals surface area contributed by atoms with E-state index in [0.29, 0.717) is 28.7 Å². The molecule has 0 N–H and O–H groups in total. The monoisotopic (exact) mass is 431 g/mol. The average molecular weight is 432 g/mol. The van der Waals surface area contributed by atoms with E-state index in [2.05, 4.69) is 4.90 Å². The molecule has 0 radical (unpaired) electrons. The Hall–Kier alpha value is -2.71. The van der Waals surface area contributed by atoms with Gasteiger partial charge in [-0.1, -0.05) is 23.5 Å². The Morgan fingerprint density at radius 3 is 2.33 bits per heavy atom. The zero-order valence-corrected chi connectivity index (χ0v) is 18.5. The number of ether oxygens (including phenoxy) is 2. The number of methoxy groups -OCH3 is 2. The first-order valence-corrected chi connectivity index (χ1v) is 10.5. The Morgan fingerprint density at radius 1 is 1.03 bits per heavy atom. The van der Waals surface area contributed by atoms with Gasteiger partial charge in [-0.2, -0.15) is 0 Å². The normalized spacial score (nSPS) is 11.1.